The van der Waals surface area contributed by atoms with Crippen LogP contribution in [0.2, 0.25) is 5.02 Å². The number of amides is 1. The lowest BCUT2D eigenvalue weighted by Crippen LogP contribution is -2.08. The number of benzene rings is 2. The SMILES string of the molecule is O=C(/C=C/c1cnc2ccccc2n1)Nc1ccccc1Cl. The number of nitrogens with one attached hydrogen (secondary N) is 1. The number of carbonyl (C=O) groups is 1. The van der Waals surface area contributed by atoms with E-state index in [0.29, 0.717) is 16.4 Å². The summed E-state index contributed by atoms with van der Waals surface area (Å²) in [7, 11) is 0. The van der Waals surface area contributed by atoms with Gasteiger partial charge < -0.3 is 5.32 Å². The van der Waals surface area contributed by atoms with Gasteiger partial charge in [-0.15, -0.1) is 0 Å². The number of halogens is 1. The van der Waals surface area contributed by atoms with Crippen LogP contribution >= 0.6 is 11.6 Å². The average Bonchev–Trinajstić information content (AvgIpc) is 2.55. The van der Waals surface area contributed by atoms with Crippen LogP contribution in [0, 0.1) is 0 Å². The third kappa shape index (κ3) is 3.30. The minimum atomic E-state index is -0.275. The Morgan fingerprint density at radius 1 is 1.05 bits per heavy atom. The summed E-state index contributed by atoms with van der Waals surface area (Å²) in [5.74, 6) is -0.275. The van der Waals surface area contributed by atoms with Crippen LogP contribution in [-0.4, -0.2) is 15.9 Å². The minimum absolute atomic E-state index is 0.275. The molecule has 5 heteroatoms. The maximum absolute atomic E-state index is 11.9. The Bertz CT molecular complexity index is 861. The highest BCUT2D eigenvalue weighted by molar-refractivity contribution is 6.33. The molecule has 0 saturated heterocycles. The average molecular weight is 310 g/mol. The van der Waals surface area contributed by atoms with Crippen LogP contribution in [0.15, 0.2) is 60.8 Å². The van der Waals surface area contributed by atoms with Crippen molar-refractivity contribution >= 4 is 40.3 Å². The van der Waals surface area contributed by atoms with Crippen LogP contribution in [0.4, 0.5) is 5.69 Å². The Labute approximate surface area is 132 Å². The summed E-state index contributed by atoms with van der Waals surface area (Å²) >= 11 is 5.99. The molecule has 3 rings (SSSR count). The highest BCUT2D eigenvalue weighted by atomic mass is 35.5. The topological polar surface area (TPSA) is 54.9 Å². The lowest BCUT2D eigenvalue weighted by molar-refractivity contribution is -0.111. The first-order chi connectivity index (χ1) is 10.7. The minimum Gasteiger partial charge on any atom is -0.321 e. The zero-order chi connectivity index (χ0) is 15.4. The van der Waals surface area contributed by atoms with Crippen LogP contribution < -0.4 is 5.32 Å². The van der Waals surface area contributed by atoms with Crippen molar-refractivity contribution in [2.45, 2.75) is 0 Å². The molecular weight excluding hydrogens is 298 g/mol. The van der Waals surface area contributed by atoms with Crippen molar-refractivity contribution in [2.24, 2.45) is 0 Å². The smallest absolute Gasteiger partial charge is 0.248 e. The summed E-state index contributed by atoms with van der Waals surface area (Å²) in [6.45, 7) is 0. The van der Waals surface area contributed by atoms with E-state index in [-0.39, 0.29) is 5.91 Å². The van der Waals surface area contributed by atoms with E-state index in [2.05, 4.69) is 15.3 Å². The Kier molecular flexibility index (Phi) is 4.12. The molecule has 22 heavy (non-hydrogen) atoms. The molecule has 1 aromatic heterocycles. The highest BCUT2D eigenvalue weighted by Crippen LogP contribution is 2.20. The van der Waals surface area contributed by atoms with Gasteiger partial charge in [0.1, 0.15) is 0 Å². The second kappa shape index (κ2) is 6.37. The first-order valence-electron chi connectivity index (χ1n) is 6.68. The van der Waals surface area contributed by atoms with Crippen molar-refractivity contribution in [1.29, 1.82) is 0 Å². The van der Waals surface area contributed by atoms with Gasteiger partial charge in [0, 0.05) is 6.08 Å². The molecule has 4 nitrogen and oxygen atoms in total. The Hall–Kier alpha value is -2.72. The molecule has 3 aromatic rings. The van der Waals surface area contributed by atoms with E-state index in [0.717, 1.165) is 11.0 Å². The number of nitrogens with zero attached hydrogens (tertiary/aromatic N) is 2. The Balaban J connectivity index is 1.75. The number of carbonyl (C=O) groups excluding carboxylic acids is 1. The molecule has 0 atom stereocenters. The Morgan fingerprint density at radius 3 is 2.59 bits per heavy atom. The lowest BCUT2D eigenvalue weighted by Gasteiger charge is -2.03. The molecule has 1 amide bonds. The highest BCUT2D eigenvalue weighted by Gasteiger charge is 2.02. The molecule has 0 aliphatic rings. The van der Waals surface area contributed by atoms with Crippen molar-refractivity contribution < 1.29 is 4.79 Å². The second-order valence-electron chi connectivity index (χ2n) is 4.59. The van der Waals surface area contributed by atoms with Gasteiger partial charge in [0.2, 0.25) is 5.91 Å². The van der Waals surface area contributed by atoms with Gasteiger partial charge in [-0.25, -0.2) is 4.98 Å². The van der Waals surface area contributed by atoms with Crippen LogP contribution in [0.5, 0.6) is 0 Å². The maximum atomic E-state index is 11.9. The van der Waals surface area contributed by atoms with Gasteiger partial charge in [0.25, 0.3) is 0 Å². The van der Waals surface area contributed by atoms with Gasteiger partial charge in [-0.1, -0.05) is 35.9 Å². The van der Waals surface area contributed by atoms with Gasteiger partial charge >= 0.3 is 0 Å². The number of anilines is 1. The summed E-state index contributed by atoms with van der Waals surface area (Å²) in [4.78, 5) is 20.6. The van der Waals surface area contributed by atoms with Crippen molar-refractivity contribution in [3.8, 4) is 0 Å². The van der Waals surface area contributed by atoms with Crippen LogP contribution in [0.25, 0.3) is 17.1 Å². The number of rotatable bonds is 3. The zero-order valence-corrected chi connectivity index (χ0v) is 12.3. The summed E-state index contributed by atoms with van der Waals surface area (Å²) in [5.41, 5.74) is 2.80. The number of hydrogen-bond donors (Lipinski definition) is 1. The van der Waals surface area contributed by atoms with Crippen molar-refractivity contribution in [3.05, 3.63) is 71.5 Å². The molecule has 1 heterocycles. The van der Waals surface area contributed by atoms with E-state index >= 15 is 0 Å². The monoisotopic (exact) mass is 309 g/mol. The molecule has 0 radical (unpaired) electrons. The van der Waals surface area contributed by atoms with E-state index in [1.807, 2.05) is 24.3 Å². The third-order valence-electron chi connectivity index (χ3n) is 3.00. The van der Waals surface area contributed by atoms with E-state index in [1.54, 1.807) is 36.5 Å². The standard InChI is InChI=1S/C17H12ClN3O/c18-13-5-1-2-6-14(13)21-17(22)10-9-12-11-19-15-7-3-4-8-16(15)20-12/h1-11H,(H,21,22)/b10-9+. The number of hydrogen-bond acceptors (Lipinski definition) is 3. The fourth-order valence-electron chi connectivity index (χ4n) is 1.95. The number of aromatic nitrogens is 2. The number of para-hydroxylation sites is 3. The molecule has 0 saturated carbocycles. The summed E-state index contributed by atoms with van der Waals surface area (Å²) in [6.07, 6.45) is 4.65. The molecule has 2 aromatic carbocycles. The van der Waals surface area contributed by atoms with Crippen LogP contribution in [0.3, 0.4) is 0 Å². The maximum Gasteiger partial charge on any atom is 0.248 e. The summed E-state index contributed by atoms with van der Waals surface area (Å²) < 4.78 is 0. The second-order valence-corrected chi connectivity index (χ2v) is 4.99. The van der Waals surface area contributed by atoms with Crippen LogP contribution in [-0.2, 0) is 4.79 Å². The fourth-order valence-corrected chi connectivity index (χ4v) is 2.13. The van der Waals surface area contributed by atoms with Gasteiger partial charge in [0.15, 0.2) is 0 Å². The molecule has 0 fully saturated rings. The first-order valence-corrected chi connectivity index (χ1v) is 7.05. The van der Waals surface area contributed by atoms with Crippen molar-refractivity contribution in [1.82, 2.24) is 9.97 Å². The van der Waals surface area contributed by atoms with Crippen LogP contribution in [0.1, 0.15) is 5.69 Å². The Morgan fingerprint density at radius 2 is 1.77 bits per heavy atom. The molecule has 0 unspecified atom stereocenters. The molecular formula is C17H12ClN3O. The van der Waals surface area contributed by atoms with E-state index < -0.39 is 0 Å². The lowest BCUT2D eigenvalue weighted by atomic mass is 10.3. The largest absolute Gasteiger partial charge is 0.321 e. The van der Waals surface area contributed by atoms with Crippen molar-refractivity contribution in [2.75, 3.05) is 5.32 Å². The molecule has 0 bridgehead atoms. The van der Waals surface area contributed by atoms with Gasteiger partial charge in [-0.3, -0.25) is 9.78 Å². The summed E-state index contributed by atoms with van der Waals surface area (Å²) in [6, 6.07) is 14.6. The van der Waals surface area contributed by atoms with Gasteiger partial charge in [-0.05, 0) is 30.3 Å². The number of fused-ring (bicyclic) bond motifs is 1. The van der Waals surface area contributed by atoms with E-state index in [4.69, 9.17) is 11.6 Å². The third-order valence-corrected chi connectivity index (χ3v) is 3.33. The molecule has 0 aliphatic carbocycles. The molecule has 108 valence electrons. The fraction of sp³-hybridized carbons (Fsp3) is 0. The van der Waals surface area contributed by atoms with Gasteiger partial charge in [0.05, 0.1) is 33.6 Å². The molecule has 0 aliphatic heterocycles. The summed E-state index contributed by atoms with van der Waals surface area (Å²) in [5, 5.41) is 3.21. The predicted octanol–water partition coefficient (Wildman–Crippen LogP) is 3.94. The first kappa shape index (κ1) is 14.2. The molecule has 1 N–H and O–H groups in total. The quantitative estimate of drug-likeness (QED) is 0.746. The normalized spacial score (nSPS) is 11.0. The zero-order valence-electron chi connectivity index (χ0n) is 11.5. The van der Waals surface area contributed by atoms with E-state index in [9.17, 15) is 4.79 Å². The molecule has 0 spiro atoms. The van der Waals surface area contributed by atoms with E-state index in [1.165, 1.54) is 6.08 Å². The van der Waals surface area contributed by atoms with Crippen molar-refractivity contribution in [3.63, 3.8) is 0 Å². The van der Waals surface area contributed by atoms with Gasteiger partial charge in [-0.2, -0.15) is 0 Å². The predicted molar refractivity (Wildman–Crippen MR) is 88.7 cm³/mol.